The normalized spacial score (nSPS) is 27.9. The first-order chi connectivity index (χ1) is 10.9. The zero-order valence-corrected chi connectivity index (χ0v) is 14.2. The summed E-state index contributed by atoms with van der Waals surface area (Å²) in [5, 5.41) is 0. The van der Waals surface area contributed by atoms with Crippen molar-refractivity contribution in [3.05, 3.63) is 54.9 Å². The number of rotatable bonds is 5. The van der Waals surface area contributed by atoms with Crippen LogP contribution in [-0.4, -0.2) is 22.3 Å². The maximum atomic E-state index is 13.4. The van der Waals surface area contributed by atoms with Gasteiger partial charge < -0.3 is 4.90 Å². The van der Waals surface area contributed by atoms with E-state index in [1.807, 2.05) is 23.2 Å². The van der Waals surface area contributed by atoms with Crippen molar-refractivity contribution in [3.63, 3.8) is 0 Å². The lowest BCUT2D eigenvalue weighted by Crippen LogP contribution is -2.44. The Morgan fingerprint density at radius 1 is 1.52 bits per heavy atom. The minimum atomic E-state index is -0.362. The Morgan fingerprint density at radius 3 is 2.87 bits per heavy atom. The Bertz CT molecular complexity index is 634. The van der Waals surface area contributed by atoms with Crippen molar-refractivity contribution in [3.8, 4) is 0 Å². The molecule has 0 aliphatic heterocycles. The van der Waals surface area contributed by atoms with Crippen molar-refractivity contribution in [1.82, 2.24) is 9.88 Å². The van der Waals surface area contributed by atoms with E-state index in [2.05, 4.69) is 32.0 Å². The van der Waals surface area contributed by atoms with Gasteiger partial charge in [0.2, 0.25) is 5.91 Å². The summed E-state index contributed by atoms with van der Waals surface area (Å²) in [6.07, 6.45) is 8.42. The summed E-state index contributed by atoms with van der Waals surface area (Å²) in [6.45, 7) is 13.8. The highest BCUT2D eigenvalue weighted by molar-refractivity contribution is 5.87. The third-order valence-electron chi connectivity index (χ3n) is 6.03. The predicted molar refractivity (Wildman–Crippen MR) is 92.5 cm³/mol. The van der Waals surface area contributed by atoms with E-state index in [1.165, 1.54) is 0 Å². The number of fused-ring (bicyclic) bond motifs is 2. The van der Waals surface area contributed by atoms with Gasteiger partial charge in [-0.3, -0.25) is 9.78 Å². The highest BCUT2D eigenvalue weighted by Gasteiger charge is 2.61. The third kappa shape index (κ3) is 2.43. The average Bonchev–Trinajstić information content (AvgIpc) is 3.07. The molecule has 122 valence electrons. The first-order valence-corrected chi connectivity index (χ1v) is 8.41. The molecule has 2 atom stereocenters. The van der Waals surface area contributed by atoms with Gasteiger partial charge in [0.1, 0.15) is 0 Å². The molecule has 0 spiro atoms. The maximum absolute atomic E-state index is 13.4. The molecule has 1 aromatic heterocycles. The van der Waals surface area contributed by atoms with E-state index in [-0.39, 0.29) is 16.7 Å². The summed E-state index contributed by atoms with van der Waals surface area (Å²) in [5.74, 6) is 0.808. The molecule has 1 heterocycles. The number of hydrogen-bond acceptors (Lipinski definition) is 2. The first kappa shape index (κ1) is 16.0. The molecule has 23 heavy (non-hydrogen) atoms. The van der Waals surface area contributed by atoms with E-state index in [4.69, 9.17) is 0 Å². The summed E-state index contributed by atoms with van der Waals surface area (Å²) in [4.78, 5) is 19.5. The van der Waals surface area contributed by atoms with Crippen LogP contribution in [0.3, 0.4) is 0 Å². The summed E-state index contributed by atoms with van der Waals surface area (Å²) in [6, 6.07) is 3.92. The number of aromatic nitrogens is 1. The second kappa shape index (κ2) is 5.63. The van der Waals surface area contributed by atoms with Crippen LogP contribution < -0.4 is 0 Å². The molecule has 2 aliphatic rings. The van der Waals surface area contributed by atoms with Crippen LogP contribution in [0.1, 0.15) is 38.7 Å². The minimum absolute atomic E-state index is 0.0715. The lowest BCUT2D eigenvalue weighted by molar-refractivity contribution is -0.139. The lowest BCUT2D eigenvalue weighted by atomic mass is 9.68. The van der Waals surface area contributed by atoms with E-state index in [9.17, 15) is 4.79 Å². The van der Waals surface area contributed by atoms with Crippen molar-refractivity contribution in [2.45, 2.75) is 39.7 Å². The Morgan fingerprint density at radius 2 is 2.30 bits per heavy atom. The van der Waals surface area contributed by atoms with Crippen molar-refractivity contribution >= 4 is 5.91 Å². The van der Waals surface area contributed by atoms with Crippen LogP contribution in [0.15, 0.2) is 49.3 Å². The van der Waals surface area contributed by atoms with Gasteiger partial charge in [0.25, 0.3) is 0 Å². The second-order valence-electron chi connectivity index (χ2n) is 7.56. The zero-order valence-electron chi connectivity index (χ0n) is 14.2. The van der Waals surface area contributed by atoms with Gasteiger partial charge in [-0.2, -0.15) is 0 Å². The van der Waals surface area contributed by atoms with Gasteiger partial charge >= 0.3 is 0 Å². The predicted octanol–water partition coefficient (Wildman–Crippen LogP) is 3.98. The molecule has 3 rings (SSSR count). The quantitative estimate of drug-likeness (QED) is 0.771. The molecule has 3 nitrogen and oxygen atoms in total. The van der Waals surface area contributed by atoms with Crippen LogP contribution in [0.2, 0.25) is 0 Å². The molecule has 2 aliphatic carbocycles. The number of carbonyl (C=O) groups is 1. The topological polar surface area (TPSA) is 33.2 Å². The molecular weight excluding hydrogens is 284 g/mol. The van der Waals surface area contributed by atoms with Gasteiger partial charge in [0.05, 0.1) is 5.41 Å². The van der Waals surface area contributed by atoms with Crippen molar-refractivity contribution < 1.29 is 4.79 Å². The van der Waals surface area contributed by atoms with Crippen molar-refractivity contribution in [2.75, 3.05) is 6.54 Å². The highest BCUT2D eigenvalue weighted by atomic mass is 16.2. The molecule has 0 unspecified atom stereocenters. The number of hydrogen-bond donors (Lipinski definition) is 0. The Kier molecular flexibility index (Phi) is 3.91. The Labute approximate surface area is 139 Å². The molecule has 0 N–H and O–H groups in total. The molecule has 0 radical (unpaired) electrons. The third-order valence-corrected chi connectivity index (χ3v) is 6.03. The maximum Gasteiger partial charge on any atom is 0.233 e. The van der Waals surface area contributed by atoms with Crippen LogP contribution in [0, 0.1) is 16.7 Å². The largest absolute Gasteiger partial charge is 0.334 e. The fourth-order valence-electron chi connectivity index (χ4n) is 4.51. The van der Waals surface area contributed by atoms with Gasteiger partial charge in [-0.25, -0.2) is 0 Å². The average molecular weight is 310 g/mol. The number of carbonyl (C=O) groups excluding carboxylic acids is 1. The van der Waals surface area contributed by atoms with Gasteiger partial charge in [0.15, 0.2) is 0 Å². The second-order valence-corrected chi connectivity index (χ2v) is 7.56. The number of amides is 1. The summed E-state index contributed by atoms with van der Waals surface area (Å²) in [7, 11) is 0. The van der Waals surface area contributed by atoms with E-state index >= 15 is 0 Å². The Balaban J connectivity index is 1.87. The van der Waals surface area contributed by atoms with E-state index in [1.54, 1.807) is 12.3 Å². The fraction of sp³-hybridized carbons (Fsp3) is 0.500. The minimum Gasteiger partial charge on any atom is -0.334 e. The SMILES string of the molecule is C=CCN(Cc1cccnc1)C(=O)[C@@]12CC[C@@H](C1)C(C)(C)C2=C. The standard InChI is InChI=1S/C20H26N2O/c1-5-11-22(14-16-7-6-10-21-13-16)18(23)20-9-8-17(12-20)19(3,4)15(20)2/h5-7,10,13,17H,1-2,8-9,11-12,14H2,3-4H3/t17-,20-/m0/s1. The van der Waals surface area contributed by atoms with E-state index in [0.29, 0.717) is 19.0 Å². The van der Waals surface area contributed by atoms with Crippen LogP contribution in [0.5, 0.6) is 0 Å². The number of pyridine rings is 1. The molecule has 2 fully saturated rings. The summed E-state index contributed by atoms with van der Waals surface area (Å²) >= 11 is 0. The zero-order chi connectivity index (χ0) is 16.7. The molecule has 3 heteroatoms. The Hall–Kier alpha value is -1.90. The number of nitrogens with zero attached hydrogens (tertiary/aromatic N) is 2. The van der Waals surface area contributed by atoms with Crippen LogP contribution >= 0.6 is 0 Å². The first-order valence-electron chi connectivity index (χ1n) is 8.41. The molecular formula is C20H26N2O. The fourth-order valence-corrected chi connectivity index (χ4v) is 4.51. The molecule has 1 aromatic rings. The molecule has 0 saturated heterocycles. The lowest BCUT2D eigenvalue weighted by Gasteiger charge is -2.39. The van der Waals surface area contributed by atoms with Crippen LogP contribution in [-0.2, 0) is 11.3 Å². The van der Waals surface area contributed by atoms with Crippen LogP contribution in [0.4, 0.5) is 0 Å². The molecule has 0 aromatic carbocycles. The summed E-state index contributed by atoms with van der Waals surface area (Å²) in [5.41, 5.74) is 1.89. The monoisotopic (exact) mass is 310 g/mol. The van der Waals surface area contributed by atoms with Gasteiger partial charge in [0, 0.05) is 25.5 Å². The van der Waals surface area contributed by atoms with Gasteiger partial charge in [-0.15, -0.1) is 6.58 Å². The molecule has 2 saturated carbocycles. The van der Waals surface area contributed by atoms with Gasteiger partial charge in [-0.1, -0.05) is 38.1 Å². The van der Waals surface area contributed by atoms with E-state index in [0.717, 1.165) is 30.4 Å². The molecule has 1 amide bonds. The smallest absolute Gasteiger partial charge is 0.233 e. The van der Waals surface area contributed by atoms with Gasteiger partial charge in [-0.05, 0) is 42.2 Å². The molecule has 2 bridgehead atoms. The van der Waals surface area contributed by atoms with Crippen molar-refractivity contribution in [2.24, 2.45) is 16.7 Å². The van der Waals surface area contributed by atoms with E-state index < -0.39 is 0 Å². The summed E-state index contributed by atoms with van der Waals surface area (Å²) < 4.78 is 0. The highest BCUT2D eigenvalue weighted by Crippen LogP contribution is 2.65. The van der Waals surface area contributed by atoms with Crippen molar-refractivity contribution in [1.29, 1.82) is 0 Å². The van der Waals surface area contributed by atoms with Crippen LogP contribution in [0.25, 0.3) is 0 Å².